The summed E-state index contributed by atoms with van der Waals surface area (Å²) in [5.74, 6) is 2.50. The van der Waals surface area contributed by atoms with Gasteiger partial charge in [-0.1, -0.05) is 20.3 Å². The Morgan fingerprint density at radius 3 is 2.15 bits per heavy atom. The normalized spacial score (nSPS) is 46.9. The van der Waals surface area contributed by atoms with Gasteiger partial charge >= 0.3 is 11.9 Å². The molecule has 0 spiro atoms. The fraction of sp³-hybridized carbons (Fsp3) is 0.941. The molecule has 0 N–H and O–H groups in total. The van der Waals surface area contributed by atoms with Gasteiger partial charge in [0.15, 0.2) is 6.10 Å². The van der Waals surface area contributed by atoms with Gasteiger partial charge in [0, 0.05) is 31.7 Å². The summed E-state index contributed by atoms with van der Waals surface area (Å²) in [6.07, 6.45) is 16.3. The zero-order valence-electron chi connectivity index (χ0n) is 26.2. The molecule has 226 valence electrons. The second-order valence-corrected chi connectivity index (χ2v) is 15.8. The first-order valence-electron chi connectivity index (χ1n) is 17.0. The average molecular weight is 558 g/mol. The van der Waals surface area contributed by atoms with Gasteiger partial charge in [0.25, 0.3) is 0 Å². The largest absolute Gasteiger partial charge is 0.461 e. The summed E-state index contributed by atoms with van der Waals surface area (Å²) in [7, 11) is 2.47. The molecule has 0 bridgehead atoms. The highest BCUT2D eigenvalue weighted by atomic mass is 16.5. The SMILES string of the molecule is CC(=O)O[C@H]1C[C@@H]2CCC3C4C[C@H]([N+]5(C)CCCCC5)[C@@H](OC(C)=O)[C@@]4(C)CCC3[C@@]2(C)C[C@@H]1N1CCCCC1. The van der Waals surface area contributed by atoms with Crippen LogP contribution in [0, 0.1) is 34.5 Å². The molecule has 6 aliphatic rings. The van der Waals surface area contributed by atoms with Gasteiger partial charge < -0.3 is 14.0 Å². The van der Waals surface area contributed by atoms with Crippen LogP contribution >= 0.6 is 0 Å². The molecule has 6 nitrogen and oxygen atoms in total. The number of likely N-dealkylation sites (tertiary alicyclic amines) is 2. The third kappa shape index (κ3) is 4.85. The van der Waals surface area contributed by atoms with Crippen molar-refractivity contribution in [2.45, 2.75) is 135 Å². The number of likely N-dealkylation sites (N-methyl/N-ethyl adjacent to an activating group) is 1. The van der Waals surface area contributed by atoms with Crippen LogP contribution in [0.5, 0.6) is 0 Å². The lowest BCUT2D eigenvalue weighted by molar-refractivity contribution is -0.940. The summed E-state index contributed by atoms with van der Waals surface area (Å²) in [4.78, 5) is 27.4. The molecule has 40 heavy (non-hydrogen) atoms. The summed E-state index contributed by atoms with van der Waals surface area (Å²) in [5, 5.41) is 0. The van der Waals surface area contributed by atoms with E-state index in [9.17, 15) is 9.59 Å². The molecule has 4 saturated carbocycles. The van der Waals surface area contributed by atoms with E-state index in [1.54, 1.807) is 13.8 Å². The van der Waals surface area contributed by atoms with E-state index in [0.717, 1.165) is 29.9 Å². The first-order chi connectivity index (χ1) is 19.0. The maximum absolute atomic E-state index is 12.5. The highest BCUT2D eigenvalue weighted by molar-refractivity contribution is 5.66. The van der Waals surface area contributed by atoms with Gasteiger partial charge in [0.1, 0.15) is 12.1 Å². The van der Waals surface area contributed by atoms with Gasteiger partial charge in [-0.25, -0.2) is 0 Å². The molecule has 0 radical (unpaired) electrons. The average Bonchev–Trinajstić information content (AvgIpc) is 3.21. The van der Waals surface area contributed by atoms with E-state index in [2.05, 4.69) is 25.8 Å². The monoisotopic (exact) mass is 557 g/mol. The van der Waals surface area contributed by atoms with Crippen LogP contribution in [0.1, 0.15) is 111 Å². The molecule has 6 rings (SSSR count). The molecular weight excluding hydrogens is 500 g/mol. The van der Waals surface area contributed by atoms with Crippen LogP contribution in [0.15, 0.2) is 0 Å². The highest BCUT2D eigenvalue weighted by Crippen LogP contribution is 2.67. The van der Waals surface area contributed by atoms with Crippen molar-refractivity contribution in [3.05, 3.63) is 0 Å². The molecule has 0 aromatic heterocycles. The van der Waals surface area contributed by atoms with Crippen LogP contribution < -0.4 is 0 Å². The summed E-state index contributed by atoms with van der Waals surface area (Å²) in [5.41, 5.74) is 0.377. The summed E-state index contributed by atoms with van der Waals surface area (Å²) in [6, 6.07) is 0.796. The number of carbonyl (C=O) groups excluding carboxylic acids is 2. The molecule has 0 aromatic rings. The highest BCUT2D eigenvalue weighted by Gasteiger charge is 2.67. The molecule has 4 aliphatic carbocycles. The van der Waals surface area contributed by atoms with Crippen LogP contribution in [0.3, 0.4) is 0 Å². The molecule has 2 saturated heterocycles. The summed E-state index contributed by atoms with van der Waals surface area (Å²) < 4.78 is 13.5. The lowest BCUT2D eigenvalue weighted by atomic mass is 9.44. The Morgan fingerprint density at radius 1 is 0.800 bits per heavy atom. The van der Waals surface area contributed by atoms with Gasteiger partial charge in [-0.05, 0) is 113 Å². The minimum Gasteiger partial charge on any atom is -0.461 e. The number of hydrogen-bond donors (Lipinski definition) is 0. The number of rotatable bonds is 4. The van der Waals surface area contributed by atoms with Crippen LogP contribution in [0.2, 0.25) is 0 Å². The summed E-state index contributed by atoms with van der Waals surface area (Å²) >= 11 is 0. The Morgan fingerprint density at radius 2 is 1.48 bits per heavy atom. The van der Waals surface area contributed by atoms with E-state index >= 15 is 0 Å². The Balaban J connectivity index is 1.29. The number of nitrogens with zero attached hydrogens (tertiary/aromatic N) is 2. The first-order valence-corrected chi connectivity index (χ1v) is 17.0. The molecule has 3 unspecified atom stereocenters. The number of esters is 2. The maximum atomic E-state index is 12.5. The van der Waals surface area contributed by atoms with Crippen molar-refractivity contribution < 1.29 is 23.5 Å². The number of carbonyl (C=O) groups is 2. The minimum absolute atomic E-state index is 0.0466. The Bertz CT molecular complexity index is 958. The molecule has 10 atom stereocenters. The molecule has 0 aromatic carbocycles. The molecular formula is C34H57N2O4+. The zero-order valence-corrected chi connectivity index (χ0v) is 26.2. The van der Waals surface area contributed by atoms with Crippen molar-refractivity contribution >= 4 is 11.9 Å². The van der Waals surface area contributed by atoms with Gasteiger partial charge in [-0.2, -0.15) is 0 Å². The quantitative estimate of drug-likeness (QED) is 0.315. The lowest BCUT2D eigenvalue weighted by Crippen LogP contribution is -2.61. The molecule has 2 aliphatic heterocycles. The van der Waals surface area contributed by atoms with Crippen LogP contribution in [-0.4, -0.2) is 78.8 Å². The topological polar surface area (TPSA) is 55.8 Å². The van der Waals surface area contributed by atoms with E-state index < -0.39 is 0 Å². The van der Waals surface area contributed by atoms with E-state index in [1.165, 1.54) is 90.1 Å². The maximum Gasteiger partial charge on any atom is 0.303 e. The van der Waals surface area contributed by atoms with Crippen molar-refractivity contribution in [1.82, 2.24) is 4.90 Å². The number of hydrogen-bond acceptors (Lipinski definition) is 5. The van der Waals surface area contributed by atoms with Gasteiger partial charge in [-0.3, -0.25) is 14.5 Å². The molecule has 6 heteroatoms. The fourth-order valence-electron chi connectivity index (χ4n) is 11.7. The molecule has 0 amide bonds. The van der Waals surface area contributed by atoms with Crippen molar-refractivity contribution in [2.75, 3.05) is 33.2 Å². The lowest BCUT2D eigenvalue weighted by Gasteiger charge is -2.62. The Hall–Kier alpha value is -1.14. The van der Waals surface area contributed by atoms with E-state index in [0.29, 0.717) is 35.3 Å². The second-order valence-electron chi connectivity index (χ2n) is 15.8. The van der Waals surface area contributed by atoms with Crippen molar-refractivity contribution in [3.8, 4) is 0 Å². The zero-order chi connectivity index (χ0) is 28.3. The first kappa shape index (κ1) is 29.0. The number of piperidine rings is 2. The summed E-state index contributed by atoms with van der Waals surface area (Å²) in [6.45, 7) is 13.1. The standard InChI is InChI=1S/C34H57N2O4/c1-23(37)39-31-20-25-12-13-26-27(34(25,4)22-29(31)35-16-8-6-9-17-35)14-15-33(3)28(26)21-30(32(33)40-24(2)38)36(5)18-10-7-11-19-36/h25-32H,6-22H2,1-5H3/q+1/t25-,26?,27?,28?,29-,30-,31-,32+,33-,34-/m0/s1. The smallest absolute Gasteiger partial charge is 0.303 e. The fourth-order valence-corrected chi connectivity index (χ4v) is 11.7. The predicted molar refractivity (Wildman–Crippen MR) is 156 cm³/mol. The third-order valence-corrected chi connectivity index (χ3v) is 13.7. The van der Waals surface area contributed by atoms with Crippen molar-refractivity contribution in [3.63, 3.8) is 0 Å². The molecule has 6 fully saturated rings. The van der Waals surface area contributed by atoms with E-state index in [1.807, 2.05) is 0 Å². The van der Waals surface area contributed by atoms with Gasteiger partial charge in [-0.15, -0.1) is 0 Å². The molecule has 2 heterocycles. The van der Waals surface area contributed by atoms with Crippen LogP contribution in [0.4, 0.5) is 0 Å². The van der Waals surface area contributed by atoms with Gasteiger partial charge in [0.2, 0.25) is 0 Å². The van der Waals surface area contributed by atoms with Crippen LogP contribution in [0.25, 0.3) is 0 Å². The van der Waals surface area contributed by atoms with Crippen LogP contribution in [-0.2, 0) is 19.1 Å². The Kier molecular flexibility index (Phi) is 7.85. The third-order valence-electron chi connectivity index (χ3n) is 13.7. The minimum atomic E-state index is -0.111. The van der Waals surface area contributed by atoms with Crippen molar-refractivity contribution in [1.29, 1.82) is 0 Å². The van der Waals surface area contributed by atoms with E-state index in [-0.39, 0.29) is 29.6 Å². The number of quaternary nitrogens is 1. The Labute approximate surface area is 243 Å². The van der Waals surface area contributed by atoms with E-state index in [4.69, 9.17) is 9.47 Å². The van der Waals surface area contributed by atoms with Crippen molar-refractivity contribution in [2.24, 2.45) is 34.5 Å². The number of ether oxygens (including phenoxy) is 2. The number of fused-ring (bicyclic) bond motifs is 5. The predicted octanol–water partition coefficient (Wildman–Crippen LogP) is 5.97. The second kappa shape index (κ2) is 10.8. The van der Waals surface area contributed by atoms with Gasteiger partial charge in [0.05, 0.1) is 20.1 Å².